The van der Waals surface area contributed by atoms with Gasteiger partial charge in [0.1, 0.15) is 5.75 Å². The Morgan fingerprint density at radius 3 is 2.61 bits per heavy atom. The molecular formula is C19H30N2O2. The fourth-order valence-corrected chi connectivity index (χ4v) is 3.48. The molecule has 128 valence electrons. The van der Waals surface area contributed by atoms with E-state index >= 15 is 0 Å². The summed E-state index contributed by atoms with van der Waals surface area (Å²) in [5.74, 6) is 1.01. The standard InChI is InChI=1S/C19H30N2O2/c1-16(2)23-19-9-4-3-8-18(19)21-12-10-20(11-13-21)15-17-7-5-6-14-22-17/h3-4,8-9,16-17H,5-7,10-15H2,1-2H3. The topological polar surface area (TPSA) is 24.9 Å². The highest BCUT2D eigenvalue weighted by molar-refractivity contribution is 5.58. The van der Waals surface area contributed by atoms with E-state index in [4.69, 9.17) is 9.47 Å². The summed E-state index contributed by atoms with van der Waals surface area (Å²) in [5.41, 5.74) is 1.23. The minimum atomic E-state index is 0.209. The summed E-state index contributed by atoms with van der Waals surface area (Å²) in [6.45, 7) is 10.5. The van der Waals surface area contributed by atoms with Gasteiger partial charge >= 0.3 is 0 Å². The Kier molecular flexibility index (Phi) is 5.79. The van der Waals surface area contributed by atoms with Crippen molar-refractivity contribution in [1.29, 1.82) is 0 Å². The van der Waals surface area contributed by atoms with Crippen LogP contribution in [0, 0.1) is 0 Å². The average Bonchev–Trinajstić information content (AvgIpc) is 2.57. The van der Waals surface area contributed by atoms with E-state index in [9.17, 15) is 0 Å². The molecule has 2 saturated heterocycles. The first-order valence-corrected chi connectivity index (χ1v) is 9.07. The SMILES string of the molecule is CC(C)Oc1ccccc1N1CCN(CC2CCCCO2)CC1. The maximum absolute atomic E-state index is 5.97. The molecule has 2 heterocycles. The molecule has 0 aliphatic carbocycles. The van der Waals surface area contributed by atoms with Crippen molar-refractivity contribution in [3.05, 3.63) is 24.3 Å². The smallest absolute Gasteiger partial charge is 0.142 e. The second-order valence-corrected chi connectivity index (χ2v) is 6.91. The lowest BCUT2D eigenvalue weighted by Gasteiger charge is -2.38. The summed E-state index contributed by atoms with van der Waals surface area (Å²) < 4.78 is 11.9. The Hall–Kier alpha value is -1.26. The lowest BCUT2D eigenvalue weighted by Crippen LogP contribution is -2.49. The van der Waals surface area contributed by atoms with Gasteiger partial charge in [-0.1, -0.05) is 12.1 Å². The number of hydrogen-bond donors (Lipinski definition) is 0. The Morgan fingerprint density at radius 1 is 1.13 bits per heavy atom. The number of para-hydroxylation sites is 2. The predicted octanol–water partition coefficient (Wildman–Crippen LogP) is 3.16. The van der Waals surface area contributed by atoms with Crippen LogP contribution in [0.15, 0.2) is 24.3 Å². The molecule has 0 aromatic heterocycles. The fraction of sp³-hybridized carbons (Fsp3) is 0.684. The molecule has 0 radical (unpaired) electrons. The van der Waals surface area contributed by atoms with Gasteiger partial charge in [-0.05, 0) is 45.2 Å². The van der Waals surface area contributed by atoms with Crippen LogP contribution >= 0.6 is 0 Å². The Morgan fingerprint density at radius 2 is 1.91 bits per heavy atom. The zero-order chi connectivity index (χ0) is 16.1. The monoisotopic (exact) mass is 318 g/mol. The third-order valence-corrected chi connectivity index (χ3v) is 4.68. The number of piperazine rings is 1. The largest absolute Gasteiger partial charge is 0.489 e. The van der Waals surface area contributed by atoms with Crippen molar-refractivity contribution in [3.63, 3.8) is 0 Å². The number of ether oxygens (including phenoxy) is 2. The first-order chi connectivity index (χ1) is 11.2. The lowest BCUT2D eigenvalue weighted by atomic mass is 10.1. The number of hydrogen-bond acceptors (Lipinski definition) is 4. The van der Waals surface area contributed by atoms with Gasteiger partial charge in [-0.2, -0.15) is 0 Å². The number of nitrogens with zero attached hydrogens (tertiary/aromatic N) is 2. The Labute approximate surface area is 140 Å². The molecule has 0 spiro atoms. The molecule has 4 heteroatoms. The van der Waals surface area contributed by atoms with Gasteiger partial charge in [0.25, 0.3) is 0 Å². The molecule has 0 N–H and O–H groups in total. The van der Waals surface area contributed by atoms with Crippen molar-refractivity contribution in [2.24, 2.45) is 0 Å². The van der Waals surface area contributed by atoms with Crippen molar-refractivity contribution in [2.45, 2.75) is 45.3 Å². The first-order valence-electron chi connectivity index (χ1n) is 9.07. The molecule has 2 aliphatic rings. The van der Waals surface area contributed by atoms with Crippen LogP contribution in [-0.2, 0) is 4.74 Å². The van der Waals surface area contributed by atoms with Crippen molar-refractivity contribution in [2.75, 3.05) is 44.2 Å². The van der Waals surface area contributed by atoms with Gasteiger partial charge in [-0.25, -0.2) is 0 Å². The van der Waals surface area contributed by atoms with Crippen LogP contribution in [0.1, 0.15) is 33.1 Å². The van der Waals surface area contributed by atoms with Gasteiger partial charge in [-0.3, -0.25) is 4.90 Å². The molecule has 0 saturated carbocycles. The molecule has 1 aromatic carbocycles. The van der Waals surface area contributed by atoms with Gasteiger partial charge in [0.2, 0.25) is 0 Å². The van der Waals surface area contributed by atoms with E-state index < -0.39 is 0 Å². The maximum atomic E-state index is 5.97. The van der Waals surface area contributed by atoms with E-state index in [1.54, 1.807) is 0 Å². The van der Waals surface area contributed by atoms with Gasteiger partial charge in [0.15, 0.2) is 0 Å². The summed E-state index contributed by atoms with van der Waals surface area (Å²) in [6.07, 6.45) is 4.44. The van der Waals surface area contributed by atoms with Crippen molar-refractivity contribution in [3.8, 4) is 5.75 Å². The molecule has 0 amide bonds. The molecule has 0 bridgehead atoms. The minimum absolute atomic E-state index is 0.209. The third kappa shape index (κ3) is 4.61. The van der Waals surface area contributed by atoms with Gasteiger partial charge in [-0.15, -0.1) is 0 Å². The normalized spacial score (nSPS) is 23.3. The first kappa shape index (κ1) is 16.6. The summed E-state index contributed by atoms with van der Waals surface area (Å²) in [4.78, 5) is 5.01. The number of benzene rings is 1. The zero-order valence-corrected chi connectivity index (χ0v) is 14.5. The molecule has 1 unspecified atom stereocenters. The lowest BCUT2D eigenvalue weighted by molar-refractivity contribution is -0.00646. The second kappa shape index (κ2) is 8.02. The number of anilines is 1. The molecule has 4 nitrogen and oxygen atoms in total. The highest BCUT2D eigenvalue weighted by Gasteiger charge is 2.23. The highest BCUT2D eigenvalue weighted by atomic mass is 16.5. The van der Waals surface area contributed by atoms with Crippen LogP contribution in [0.2, 0.25) is 0 Å². The van der Waals surface area contributed by atoms with Crippen molar-refractivity contribution >= 4 is 5.69 Å². The summed E-state index contributed by atoms with van der Waals surface area (Å²) in [6, 6.07) is 8.41. The Bertz CT molecular complexity index is 478. The second-order valence-electron chi connectivity index (χ2n) is 6.91. The number of rotatable bonds is 5. The van der Waals surface area contributed by atoms with Crippen LogP contribution in [0.25, 0.3) is 0 Å². The third-order valence-electron chi connectivity index (χ3n) is 4.68. The molecule has 23 heavy (non-hydrogen) atoms. The molecule has 1 aromatic rings. The summed E-state index contributed by atoms with van der Waals surface area (Å²) in [7, 11) is 0. The van der Waals surface area contributed by atoms with Crippen LogP contribution in [0.3, 0.4) is 0 Å². The van der Waals surface area contributed by atoms with Crippen molar-refractivity contribution in [1.82, 2.24) is 4.90 Å². The van der Waals surface area contributed by atoms with E-state index in [-0.39, 0.29) is 6.10 Å². The van der Waals surface area contributed by atoms with Crippen LogP contribution in [-0.4, -0.2) is 56.4 Å². The summed E-state index contributed by atoms with van der Waals surface area (Å²) in [5, 5.41) is 0. The molecule has 1 atom stereocenters. The zero-order valence-electron chi connectivity index (χ0n) is 14.5. The van der Waals surface area contributed by atoms with Gasteiger partial charge in [0, 0.05) is 39.3 Å². The van der Waals surface area contributed by atoms with Crippen LogP contribution < -0.4 is 9.64 Å². The van der Waals surface area contributed by atoms with E-state index in [0.29, 0.717) is 6.10 Å². The Balaban J connectivity index is 1.54. The van der Waals surface area contributed by atoms with E-state index in [1.807, 2.05) is 0 Å². The average molecular weight is 318 g/mol. The molecule has 2 fully saturated rings. The van der Waals surface area contributed by atoms with Crippen LogP contribution in [0.4, 0.5) is 5.69 Å². The van der Waals surface area contributed by atoms with Crippen LogP contribution in [0.5, 0.6) is 5.75 Å². The maximum Gasteiger partial charge on any atom is 0.142 e. The highest BCUT2D eigenvalue weighted by Crippen LogP contribution is 2.29. The minimum Gasteiger partial charge on any atom is -0.489 e. The quantitative estimate of drug-likeness (QED) is 0.832. The van der Waals surface area contributed by atoms with E-state index in [2.05, 4.69) is 47.9 Å². The molecular weight excluding hydrogens is 288 g/mol. The predicted molar refractivity (Wildman–Crippen MR) is 94.5 cm³/mol. The fourth-order valence-electron chi connectivity index (χ4n) is 3.48. The van der Waals surface area contributed by atoms with Gasteiger partial charge < -0.3 is 14.4 Å². The summed E-state index contributed by atoms with van der Waals surface area (Å²) >= 11 is 0. The van der Waals surface area contributed by atoms with Crippen molar-refractivity contribution < 1.29 is 9.47 Å². The molecule has 3 rings (SSSR count). The van der Waals surface area contributed by atoms with E-state index in [0.717, 1.165) is 45.1 Å². The molecule has 2 aliphatic heterocycles. The van der Waals surface area contributed by atoms with E-state index in [1.165, 1.54) is 24.9 Å². The van der Waals surface area contributed by atoms with Gasteiger partial charge in [0.05, 0.1) is 17.9 Å².